The minimum Gasteiger partial charge on any atom is -0.368 e. The van der Waals surface area contributed by atoms with Crippen LogP contribution in [-0.2, 0) is 16.0 Å². The Morgan fingerprint density at radius 3 is 2.53 bits per heavy atom. The van der Waals surface area contributed by atoms with Crippen LogP contribution in [0, 0.1) is 0 Å². The Morgan fingerprint density at radius 2 is 2.00 bits per heavy atom. The summed E-state index contributed by atoms with van der Waals surface area (Å²) in [7, 11) is 0. The third-order valence-electron chi connectivity index (χ3n) is 2.29. The van der Waals surface area contributed by atoms with Crippen LogP contribution in [0.5, 0.6) is 0 Å². The molecule has 4 nitrogen and oxygen atoms in total. The van der Waals surface area contributed by atoms with Gasteiger partial charge >= 0.3 is 0 Å². The van der Waals surface area contributed by atoms with E-state index in [0.29, 0.717) is 6.42 Å². The summed E-state index contributed by atoms with van der Waals surface area (Å²) in [5.41, 5.74) is 6.06. The van der Waals surface area contributed by atoms with E-state index in [0.717, 1.165) is 5.56 Å². The maximum atomic E-state index is 11.6. The van der Waals surface area contributed by atoms with E-state index in [2.05, 4.69) is 11.9 Å². The Kier molecular flexibility index (Phi) is 4.94. The van der Waals surface area contributed by atoms with Crippen molar-refractivity contribution in [3.8, 4) is 0 Å². The lowest BCUT2D eigenvalue weighted by Gasteiger charge is -2.13. The average molecular weight is 232 g/mol. The van der Waals surface area contributed by atoms with E-state index in [1.54, 1.807) is 6.08 Å². The third kappa shape index (κ3) is 4.51. The molecule has 1 aromatic rings. The summed E-state index contributed by atoms with van der Waals surface area (Å²) >= 11 is 0. The van der Waals surface area contributed by atoms with Gasteiger partial charge in [0.05, 0.1) is 6.42 Å². The monoisotopic (exact) mass is 232 g/mol. The molecule has 0 bridgehead atoms. The topological polar surface area (TPSA) is 72.2 Å². The number of primary amides is 1. The molecule has 1 atom stereocenters. The van der Waals surface area contributed by atoms with Crippen LogP contribution in [0.15, 0.2) is 43.0 Å². The Hall–Kier alpha value is -2.10. The van der Waals surface area contributed by atoms with Crippen LogP contribution in [0.1, 0.15) is 12.0 Å². The fourth-order valence-electron chi connectivity index (χ4n) is 1.44. The SMILES string of the molecule is C=CC[C@H](NC(=O)Cc1ccccc1)C(N)=O. The number of nitrogens with one attached hydrogen (secondary N) is 1. The Bertz CT molecular complexity index is 401. The van der Waals surface area contributed by atoms with E-state index in [1.807, 2.05) is 30.3 Å². The fourth-order valence-corrected chi connectivity index (χ4v) is 1.44. The molecule has 0 aliphatic carbocycles. The van der Waals surface area contributed by atoms with E-state index >= 15 is 0 Å². The van der Waals surface area contributed by atoms with Crippen LogP contribution in [-0.4, -0.2) is 17.9 Å². The fraction of sp³-hybridized carbons (Fsp3) is 0.231. The van der Waals surface area contributed by atoms with Crippen molar-refractivity contribution >= 4 is 11.8 Å². The van der Waals surface area contributed by atoms with Gasteiger partial charge in [0, 0.05) is 0 Å². The maximum absolute atomic E-state index is 11.6. The van der Waals surface area contributed by atoms with Gasteiger partial charge in [-0.3, -0.25) is 9.59 Å². The average Bonchev–Trinajstić information content (AvgIpc) is 2.29. The van der Waals surface area contributed by atoms with Crippen molar-refractivity contribution in [2.75, 3.05) is 0 Å². The van der Waals surface area contributed by atoms with Crippen LogP contribution in [0.4, 0.5) is 0 Å². The van der Waals surface area contributed by atoms with Crippen molar-refractivity contribution in [1.82, 2.24) is 5.32 Å². The number of hydrogen-bond donors (Lipinski definition) is 2. The number of carbonyl (C=O) groups excluding carboxylic acids is 2. The second kappa shape index (κ2) is 6.48. The lowest BCUT2D eigenvalue weighted by atomic mass is 10.1. The van der Waals surface area contributed by atoms with Gasteiger partial charge in [0.2, 0.25) is 11.8 Å². The molecule has 0 aliphatic heterocycles. The van der Waals surface area contributed by atoms with E-state index in [9.17, 15) is 9.59 Å². The van der Waals surface area contributed by atoms with Crippen LogP contribution in [0.3, 0.4) is 0 Å². The molecule has 2 amide bonds. The Morgan fingerprint density at radius 1 is 1.35 bits per heavy atom. The lowest BCUT2D eigenvalue weighted by Crippen LogP contribution is -2.44. The third-order valence-corrected chi connectivity index (χ3v) is 2.29. The zero-order chi connectivity index (χ0) is 12.7. The summed E-state index contributed by atoms with van der Waals surface area (Å²) < 4.78 is 0. The predicted molar refractivity (Wildman–Crippen MR) is 66.1 cm³/mol. The van der Waals surface area contributed by atoms with Gasteiger partial charge in [-0.15, -0.1) is 6.58 Å². The van der Waals surface area contributed by atoms with Crippen LogP contribution in [0.25, 0.3) is 0 Å². The molecule has 0 unspecified atom stereocenters. The molecule has 90 valence electrons. The van der Waals surface area contributed by atoms with Gasteiger partial charge in [-0.05, 0) is 12.0 Å². The molecular formula is C13H16N2O2. The van der Waals surface area contributed by atoms with Gasteiger partial charge in [-0.25, -0.2) is 0 Å². The summed E-state index contributed by atoms with van der Waals surface area (Å²) in [6.07, 6.45) is 2.13. The van der Waals surface area contributed by atoms with Crippen molar-refractivity contribution in [3.63, 3.8) is 0 Å². The summed E-state index contributed by atoms with van der Waals surface area (Å²) in [5.74, 6) is -0.770. The predicted octanol–water partition coefficient (Wildman–Crippen LogP) is 0.775. The molecule has 0 radical (unpaired) electrons. The number of benzene rings is 1. The molecule has 0 heterocycles. The maximum Gasteiger partial charge on any atom is 0.240 e. The minimum atomic E-state index is -0.677. The number of carbonyl (C=O) groups is 2. The number of hydrogen-bond acceptors (Lipinski definition) is 2. The molecule has 4 heteroatoms. The molecule has 1 aromatic carbocycles. The largest absolute Gasteiger partial charge is 0.368 e. The minimum absolute atomic E-state index is 0.221. The Balaban J connectivity index is 2.53. The zero-order valence-electron chi connectivity index (χ0n) is 9.56. The molecule has 0 fully saturated rings. The first-order chi connectivity index (χ1) is 8.13. The van der Waals surface area contributed by atoms with Gasteiger partial charge in [-0.2, -0.15) is 0 Å². The highest BCUT2D eigenvalue weighted by molar-refractivity contribution is 5.87. The number of amides is 2. The summed E-state index contributed by atoms with van der Waals surface area (Å²) in [6.45, 7) is 3.52. The van der Waals surface area contributed by atoms with Crippen molar-refractivity contribution in [1.29, 1.82) is 0 Å². The summed E-state index contributed by atoms with van der Waals surface area (Å²) in [5, 5.41) is 2.58. The van der Waals surface area contributed by atoms with Crippen LogP contribution < -0.4 is 11.1 Å². The number of rotatable bonds is 6. The molecule has 0 aliphatic rings. The standard InChI is InChI=1S/C13H16N2O2/c1-2-6-11(13(14)17)15-12(16)9-10-7-4-3-5-8-10/h2-5,7-8,11H,1,6,9H2,(H2,14,17)(H,15,16)/t11-/m0/s1. The van der Waals surface area contributed by atoms with Crippen molar-refractivity contribution in [2.24, 2.45) is 5.73 Å². The van der Waals surface area contributed by atoms with Crippen LogP contribution >= 0.6 is 0 Å². The molecule has 0 spiro atoms. The van der Waals surface area contributed by atoms with Gasteiger partial charge in [0.25, 0.3) is 0 Å². The van der Waals surface area contributed by atoms with E-state index in [-0.39, 0.29) is 12.3 Å². The molecule has 0 aromatic heterocycles. The quantitative estimate of drug-likeness (QED) is 0.711. The first-order valence-electron chi connectivity index (χ1n) is 5.37. The van der Waals surface area contributed by atoms with Gasteiger partial charge < -0.3 is 11.1 Å². The van der Waals surface area contributed by atoms with Gasteiger partial charge in [-0.1, -0.05) is 36.4 Å². The first kappa shape index (κ1) is 13.0. The number of nitrogens with two attached hydrogens (primary N) is 1. The van der Waals surface area contributed by atoms with Gasteiger partial charge in [0.1, 0.15) is 6.04 Å². The second-order valence-electron chi connectivity index (χ2n) is 3.71. The first-order valence-corrected chi connectivity index (χ1v) is 5.37. The highest BCUT2D eigenvalue weighted by Gasteiger charge is 2.16. The smallest absolute Gasteiger partial charge is 0.240 e. The highest BCUT2D eigenvalue weighted by Crippen LogP contribution is 2.00. The Labute approximate surface area is 101 Å². The van der Waals surface area contributed by atoms with E-state index < -0.39 is 11.9 Å². The summed E-state index contributed by atoms with van der Waals surface area (Å²) in [6, 6.07) is 8.63. The zero-order valence-corrected chi connectivity index (χ0v) is 9.56. The summed E-state index contributed by atoms with van der Waals surface area (Å²) in [4.78, 5) is 22.7. The molecule has 3 N–H and O–H groups in total. The van der Waals surface area contributed by atoms with E-state index in [1.165, 1.54) is 0 Å². The van der Waals surface area contributed by atoms with Crippen LogP contribution in [0.2, 0.25) is 0 Å². The molecule has 17 heavy (non-hydrogen) atoms. The highest BCUT2D eigenvalue weighted by atomic mass is 16.2. The lowest BCUT2D eigenvalue weighted by molar-refractivity contribution is -0.126. The molecular weight excluding hydrogens is 216 g/mol. The van der Waals surface area contributed by atoms with Crippen molar-refractivity contribution < 1.29 is 9.59 Å². The van der Waals surface area contributed by atoms with Crippen molar-refractivity contribution in [2.45, 2.75) is 18.9 Å². The van der Waals surface area contributed by atoms with Crippen molar-refractivity contribution in [3.05, 3.63) is 48.6 Å². The van der Waals surface area contributed by atoms with E-state index in [4.69, 9.17) is 5.73 Å². The second-order valence-corrected chi connectivity index (χ2v) is 3.71. The molecule has 0 saturated carbocycles. The van der Waals surface area contributed by atoms with Gasteiger partial charge in [0.15, 0.2) is 0 Å². The molecule has 1 rings (SSSR count). The normalized spacial score (nSPS) is 11.5. The molecule has 0 saturated heterocycles.